The van der Waals surface area contributed by atoms with Gasteiger partial charge in [0.25, 0.3) is 0 Å². The van der Waals surface area contributed by atoms with Crippen LogP contribution >= 0.6 is 0 Å². The van der Waals surface area contributed by atoms with Crippen LogP contribution in [0.1, 0.15) is 6.42 Å². The lowest BCUT2D eigenvalue weighted by Gasteiger charge is -2.11. The van der Waals surface area contributed by atoms with Crippen molar-refractivity contribution >= 4 is 0 Å². The zero-order valence-electron chi connectivity index (χ0n) is 4.93. The summed E-state index contributed by atoms with van der Waals surface area (Å²) in [5.74, 6) is 0.608. The summed E-state index contributed by atoms with van der Waals surface area (Å²) in [5, 5.41) is 3.12. The maximum absolute atomic E-state index is 3.71. The number of hydrogen-bond acceptors (Lipinski definition) is 1. The predicted molar refractivity (Wildman–Crippen MR) is 35.4 cm³/mol. The molecular formula is C7H11N. The van der Waals surface area contributed by atoms with E-state index in [2.05, 4.69) is 18.0 Å². The lowest BCUT2D eigenvalue weighted by atomic mass is 10.0. The SMILES string of the molecule is C=CC1C=CNCC1. The lowest BCUT2D eigenvalue weighted by molar-refractivity contribution is 0.636. The zero-order chi connectivity index (χ0) is 5.82. The van der Waals surface area contributed by atoms with E-state index in [9.17, 15) is 0 Å². The van der Waals surface area contributed by atoms with Crippen molar-refractivity contribution in [2.45, 2.75) is 6.42 Å². The second-order valence-corrected chi connectivity index (χ2v) is 2.00. The highest BCUT2D eigenvalue weighted by Gasteiger charge is 2.00. The van der Waals surface area contributed by atoms with Gasteiger partial charge in [0, 0.05) is 6.54 Å². The minimum atomic E-state index is 0.608. The van der Waals surface area contributed by atoms with Crippen molar-refractivity contribution in [3.63, 3.8) is 0 Å². The predicted octanol–water partition coefficient (Wildman–Crippen LogP) is 1.30. The van der Waals surface area contributed by atoms with Gasteiger partial charge in [0.1, 0.15) is 0 Å². The number of allylic oxidation sites excluding steroid dienone is 2. The van der Waals surface area contributed by atoms with E-state index < -0.39 is 0 Å². The third-order valence-corrected chi connectivity index (χ3v) is 1.39. The van der Waals surface area contributed by atoms with Crippen molar-refractivity contribution < 1.29 is 0 Å². The summed E-state index contributed by atoms with van der Waals surface area (Å²) in [7, 11) is 0. The summed E-state index contributed by atoms with van der Waals surface area (Å²) < 4.78 is 0. The molecule has 0 amide bonds. The number of nitrogens with one attached hydrogen (secondary N) is 1. The van der Waals surface area contributed by atoms with E-state index in [1.54, 1.807) is 0 Å². The maximum Gasteiger partial charge on any atom is 0.0149 e. The van der Waals surface area contributed by atoms with E-state index in [0.29, 0.717) is 5.92 Å². The Balaban J connectivity index is 2.42. The van der Waals surface area contributed by atoms with Gasteiger partial charge in [0.2, 0.25) is 0 Å². The van der Waals surface area contributed by atoms with Gasteiger partial charge < -0.3 is 5.32 Å². The molecule has 1 aliphatic rings. The van der Waals surface area contributed by atoms with Crippen molar-refractivity contribution in [2.75, 3.05) is 6.54 Å². The van der Waals surface area contributed by atoms with Crippen LogP contribution in [0.5, 0.6) is 0 Å². The minimum absolute atomic E-state index is 0.608. The van der Waals surface area contributed by atoms with Crippen LogP contribution in [0.3, 0.4) is 0 Å². The van der Waals surface area contributed by atoms with Gasteiger partial charge in [-0.1, -0.05) is 12.2 Å². The molecule has 1 heterocycles. The molecule has 1 heteroatoms. The first-order valence-corrected chi connectivity index (χ1v) is 2.96. The molecule has 0 saturated carbocycles. The highest BCUT2D eigenvalue weighted by Crippen LogP contribution is 2.07. The Bertz CT molecular complexity index is 105. The highest BCUT2D eigenvalue weighted by molar-refractivity contribution is 4.99. The second-order valence-electron chi connectivity index (χ2n) is 2.00. The zero-order valence-corrected chi connectivity index (χ0v) is 4.93. The summed E-state index contributed by atoms with van der Waals surface area (Å²) in [4.78, 5) is 0. The molecular weight excluding hydrogens is 98.1 g/mol. The second kappa shape index (κ2) is 2.55. The number of rotatable bonds is 1. The molecule has 0 spiro atoms. The van der Waals surface area contributed by atoms with Gasteiger partial charge in [-0.3, -0.25) is 0 Å². The molecule has 44 valence electrons. The largest absolute Gasteiger partial charge is 0.391 e. The van der Waals surface area contributed by atoms with Gasteiger partial charge in [-0.05, 0) is 18.5 Å². The van der Waals surface area contributed by atoms with Crippen LogP contribution in [0.2, 0.25) is 0 Å². The molecule has 0 radical (unpaired) electrons. The van der Waals surface area contributed by atoms with E-state index >= 15 is 0 Å². The van der Waals surface area contributed by atoms with Crippen LogP contribution in [-0.2, 0) is 0 Å². The van der Waals surface area contributed by atoms with E-state index in [4.69, 9.17) is 0 Å². The Morgan fingerprint density at radius 3 is 3.00 bits per heavy atom. The topological polar surface area (TPSA) is 12.0 Å². The summed E-state index contributed by atoms with van der Waals surface area (Å²) in [6.45, 7) is 4.80. The average Bonchev–Trinajstić information content (AvgIpc) is 1.90. The third-order valence-electron chi connectivity index (χ3n) is 1.39. The quantitative estimate of drug-likeness (QED) is 0.500. The molecule has 1 N–H and O–H groups in total. The van der Waals surface area contributed by atoms with Gasteiger partial charge in [0.15, 0.2) is 0 Å². The molecule has 0 fully saturated rings. The molecule has 0 aromatic carbocycles. The molecule has 0 bridgehead atoms. The molecule has 0 aliphatic carbocycles. The Morgan fingerprint density at radius 2 is 2.62 bits per heavy atom. The fraction of sp³-hybridized carbons (Fsp3) is 0.429. The monoisotopic (exact) mass is 109 g/mol. The molecule has 1 rings (SSSR count). The van der Waals surface area contributed by atoms with Gasteiger partial charge in [-0.25, -0.2) is 0 Å². The summed E-state index contributed by atoms with van der Waals surface area (Å²) in [5.41, 5.74) is 0. The first kappa shape index (κ1) is 5.42. The molecule has 0 aromatic rings. The van der Waals surface area contributed by atoms with Crippen LogP contribution in [-0.4, -0.2) is 6.54 Å². The van der Waals surface area contributed by atoms with Gasteiger partial charge in [0.05, 0.1) is 0 Å². The van der Waals surface area contributed by atoms with Gasteiger partial charge >= 0.3 is 0 Å². The van der Waals surface area contributed by atoms with Crippen molar-refractivity contribution in [2.24, 2.45) is 5.92 Å². The Hall–Kier alpha value is -0.720. The first-order valence-electron chi connectivity index (χ1n) is 2.96. The Labute approximate surface area is 50.1 Å². The fourth-order valence-corrected chi connectivity index (χ4v) is 0.818. The third kappa shape index (κ3) is 1.12. The molecule has 1 nitrogen and oxygen atoms in total. The molecule has 0 aromatic heterocycles. The van der Waals surface area contributed by atoms with Crippen LogP contribution in [0.25, 0.3) is 0 Å². The Kier molecular flexibility index (Phi) is 1.73. The number of hydrogen-bond donors (Lipinski definition) is 1. The van der Waals surface area contributed by atoms with Crippen molar-refractivity contribution in [3.8, 4) is 0 Å². The molecule has 8 heavy (non-hydrogen) atoms. The van der Waals surface area contributed by atoms with Crippen LogP contribution in [0.4, 0.5) is 0 Å². The lowest BCUT2D eigenvalue weighted by Crippen LogP contribution is -2.15. The van der Waals surface area contributed by atoms with E-state index in [-0.39, 0.29) is 0 Å². The van der Waals surface area contributed by atoms with Crippen molar-refractivity contribution in [1.29, 1.82) is 0 Å². The standard InChI is InChI=1S/C7H11N/c1-2-7-3-5-8-6-4-7/h2-3,5,7-8H,1,4,6H2. The minimum Gasteiger partial charge on any atom is -0.391 e. The molecule has 1 aliphatic heterocycles. The molecule has 1 unspecified atom stereocenters. The maximum atomic E-state index is 3.71. The Morgan fingerprint density at radius 1 is 1.75 bits per heavy atom. The summed E-state index contributed by atoms with van der Waals surface area (Å²) >= 11 is 0. The first-order chi connectivity index (χ1) is 3.93. The molecule has 0 saturated heterocycles. The van der Waals surface area contributed by atoms with E-state index in [0.717, 1.165) is 6.54 Å². The van der Waals surface area contributed by atoms with Crippen LogP contribution in [0.15, 0.2) is 24.9 Å². The fourth-order valence-electron chi connectivity index (χ4n) is 0.818. The van der Waals surface area contributed by atoms with Crippen molar-refractivity contribution in [3.05, 3.63) is 24.9 Å². The normalized spacial score (nSPS) is 26.8. The average molecular weight is 109 g/mol. The van der Waals surface area contributed by atoms with Gasteiger partial charge in [-0.2, -0.15) is 0 Å². The van der Waals surface area contributed by atoms with E-state index in [1.807, 2.05) is 12.3 Å². The van der Waals surface area contributed by atoms with Crippen LogP contribution < -0.4 is 5.32 Å². The van der Waals surface area contributed by atoms with Gasteiger partial charge in [-0.15, -0.1) is 6.58 Å². The smallest absolute Gasteiger partial charge is 0.0149 e. The summed E-state index contributed by atoms with van der Waals surface area (Å²) in [6, 6.07) is 0. The van der Waals surface area contributed by atoms with E-state index in [1.165, 1.54) is 6.42 Å². The van der Waals surface area contributed by atoms with Crippen molar-refractivity contribution in [1.82, 2.24) is 5.32 Å². The highest BCUT2D eigenvalue weighted by atomic mass is 14.8. The molecule has 1 atom stereocenters. The summed E-state index contributed by atoms with van der Waals surface area (Å²) in [6.07, 6.45) is 7.31. The van der Waals surface area contributed by atoms with Crippen LogP contribution in [0, 0.1) is 5.92 Å².